The van der Waals surface area contributed by atoms with Crippen LogP contribution < -0.4 is 14.3 Å². The molecule has 0 radical (unpaired) electrons. The Balaban J connectivity index is 3.70. The van der Waals surface area contributed by atoms with Crippen molar-refractivity contribution >= 4 is 42.7 Å². The first-order chi connectivity index (χ1) is 4.68. The molecule has 0 atom stereocenters. The van der Waals surface area contributed by atoms with E-state index in [4.69, 9.17) is 35.2 Å². The molecule has 0 saturated carbocycles. The molecule has 0 spiro atoms. The second-order valence-electron chi connectivity index (χ2n) is 1.38. The van der Waals surface area contributed by atoms with Crippen LogP contribution in [-0.4, -0.2) is 12.4 Å². The van der Waals surface area contributed by atoms with Gasteiger partial charge in [0.1, 0.15) is 0 Å². The van der Waals surface area contributed by atoms with E-state index in [1.165, 1.54) is 0 Å². The van der Waals surface area contributed by atoms with E-state index in [-0.39, 0.29) is 0 Å². The van der Waals surface area contributed by atoms with Gasteiger partial charge in [0.05, 0.1) is 0 Å². The zero-order valence-corrected chi connectivity index (χ0v) is 8.07. The Morgan fingerprint density at radius 3 is 2.10 bits per heavy atom. The molecule has 3 N–H and O–H groups in total. The second-order valence-corrected chi connectivity index (χ2v) is 4.64. The van der Waals surface area contributed by atoms with Crippen LogP contribution >= 0.6 is 42.7 Å². The lowest BCUT2D eigenvalue weighted by atomic mass is 10.8. The largest absolute Gasteiger partial charge is 0.306 e. The molecule has 0 aliphatic rings. The Hall–Kier alpha value is 0.980. The first-order valence-corrected chi connectivity index (χ1v) is 5.35. The van der Waals surface area contributed by atoms with Gasteiger partial charge in [0.25, 0.3) is 0 Å². The van der Waals surface area contributed by atoms with E-state index in [0.29, 0.717) is 12.4 Å². The third-order valence-corrected chi connectivity index (χ3v) is 3.43. The Kier molecular flexibility index (Phi) is 6.16. The quantitative estimate of drug-likeness (QED) is 0.377. The summed E-state index contributed by atoms with van der Waals surface area (Å²) < 4.78 is 15.0. The first-order valence-electron chi connectivity index (χ1n) is 2.35. The van der Waals surface area contributed by atoms with Crippen molar-refractivity contribution in [3.8, 4) is 0 Å². The van der Waals surface area contributed by atoms with Crippen molar-refractivity contribution in [2.45, 2.75) is 0 Å². The van der Waals surface area contributed by atoms with Crippen LogP contribution in [-0.2, 0) is 4.57 Å². The van der Waals surface area contributed by atoms with E-state index in [1.54, 1.807) is 0 Å². The van der Waals surface area contributed by atoms with E-state index in [1.807, 2.05) is 9.21 Å². The van der Waals surface area contributed by atoms with Gasteiger partial charge in [-0.25, -0.2) is 5.09 Å². The fourth-order valence-electron chi connectivity index (χ4n) is 0.275. The zero-order chi connectivity index (χ0) is 8.04. The van der Waals surface area contributed by atoms with Gasteiger partial charge in [-0.05, 0) is 23.6 Å². The molecule has 0 unspecified atom stereocenters. The van der Waals surface area contributed by atoms with E-state index < -0.39 is 7.59 Å². The van der Waals surface area contributed by atoms with Crippen molar-refractivity contribution < 1.29 is 4.57 Å². The molecule has 8 heteroatoms. The molecule has 0 heterocycles. The fraction of sp³-hybridized carbons (Fsp3) is 1.00. The van der Waals surface area contributed by atoms with Crippen LogP contribution in [0.3, 0.4) is 0 Å². The van der Waals surface area contributed by atoms with E-state index in [9.17, 15) is 4.57 Å². The minimum Gasteiger partial charge on any atom is -0.269 e. The number of hydrogen-bond donors (Lipinski definition) is 3. The molecule has 4 nitrogen and oxygen atoms in total. The second kappa shape index (κ2) is 5.61. The molecule has 0 saturated heterocycles. The summed E-state index contributed by atoms with van der Waals surface area (Å²) in [5.41, 5.74) is 0. The van der Waals surface area contributed by atoms with Crippen molar-refractivity contribution in [2.24, 2.45) is 0 Å². The van der Waals surface area contributed by atoms with Crippen LogP contribution in [0.2, 0.25) is 0 Å². The van der Waals surface area contributed by atoms with E-state index in [0.717, 1.165) is 0 Å². The predicted molar refractivity (Wildman–Crippen MR) is 44.3 cm³/mol. The lowest BCUT2D eigenvalue weighted by Gasteiger charge is -2.12. The highest BCUT2D eigenvalue weighted by Crippen LogP contribution is 2.31. The standard InChI is InChI=1S/C2H7Cl3N3OP/c3-1-2-6-10(9,7-4)8-5/h1-2H2,(H3,6,7,8,9). The molecular formula is C2H7Cl3N3OP. The Labute approximate surface area is 74.3 Å². The van der Waals surface area contributed by atoms with Crippen LogP contribution in [0.4, 0.5) is 0 Å². The smallest absolute Gasteiger partial charge is 0.269 e. The molecule has 62 valence electrons. The summed E-state index contributed by atoms with van der Waals surface area (Å²) in [4.78, 5) is 0. The van der Waals surface area contributed by atoms with Gasteiger partial charge in [-0.1, -0.05) is 0 Å². The van der Waals surface area contributed by atoms with Crippen molar-refractivity contribution in [3.05, 3.63) is 0 Å². The molecule has 0 aliphatic carbocycles. The Morgan fingerprint density at radius 1 is 1.30 bits per heavy atom. The first kappa shape index (κ1) is 11.0. The SMILES string of the molecule is O=P(NCl)(NCl)NCCCl. The molecule has 0 aromatic rings. The molecule has 0 amide bonds. The third kappa shape index (κ3) is 3.98. The van der Waals surface area contributed by atoms with E-state index >= 15 is 0 Å². The summed E-state index contributed by atoms with van der Waals surface area (Å²) in [5, 5.41) is 2.48. The van der Waals surface area contributed by atoms with Crippen LogP contribution in [0, 0.1) is 0 Å². The summed E-state index contributed by atoms with van der Waals surface area (Å²) in [6.07, 6.45) is 0. The Bertz CT molecular complexity index is 125. The lowest BCUT2D eigenvalue weighted by Crippen LogP contribution is -2.24. The summed E-state index contributed by atoms with van der Waals surface area (Å²) >= 11 is 15.5. The maximum atomic E-state index is 11.1. The zero-order valence-electron chi connectivity index (χ0n) is 4.90. The van der Waals surface area contributed by atoms with Gasteiger partial charge in [-0.3, -0.25) is 4.57 Å². The average molecular weight is 226 g/mol. The summed E-state index contributed by atoms with van der Waals surface area (Å²) in [6.45, 7) is 0.359. The minimum absolute atomic E-state index is 0.334. The molecule has 0 aromatic carbocycles. The summed E-state index contributed by atoms with van der Waals surface area (Å²) in [6, 6.07) is 0. The molecule has 0 rings (SSSR count). The molecule has 0 aromatic heterocycles. The van der Waals surface area contributed by atoms with Crippen LogP contribution in [0.5, 0.6) is 0 Å². The van der Waals surface area contributed by atoms with Gasteiger partial charge in [0.2, 0.25) is 0 Å². The number of rotatable bonds is 5. The van der Waals surface area contributed by atoms with Crippen molar-refractivity contribution in [1.82, 2.24) is 14.3 Å². The number of halogens is 3. The predicted octanol–water partition coefficient (Wildman–Crippen LogP) is 1.41. The number of nitrogens with one attached hydrogen (secondary N) is 3. The lowest BCUT2D eigenvalue weighted by molar-refractivity contribution is 0.561. The molecular weight excluding hydrogens is 219 g/mol. The number of alkyl halides is 1. The fourth-order valence-corrected chi connectivity index (χ4v) is 1.82. The summed E-state index contributed by atoms with van der Waals surface area (Å²) in [7, 11) is -3.00. The highest BCUT2D eigenvalue weighted by atomic mass is 35.5. The highest BCUT2D eigenvalue weighted by molar-refractivity contribution is 7.60. The number of hydrogen-bond acceptors (Lipinski definition) is 1. The molecule has 10 heavy (non-hydrogen) atoms. The monoisotopic (exact) mass is 225 g/mol. The molecule has 0 aliphatic heterocycles. The third-order valence-electron chi connectivity index (χ3n) is 0.667. The van der Waals surface area contributed by atoms with Crippen molar-refractivity contribution in [1.29, 1.82) is 0 Å². The van der Waals surface area contributed by atoms with Gasteiger partial charge >= 0.3 is 7.59 Å². The van der Waals surface area contributed by atoms with Crippen molar-refractivity contribution in [2.75, 3.05) is 12.4 Å². The maximum absolute atomic E-state index is 11.1. The van der Waals surface area contributed by atoms with Gasteiger partial charge in [0, 0.05) is 12.4 Å². The van der Waals surface area contributed by atoms with Gasteiger partial charge in [0.15, 0.2) is 0 Å². The van der Waals surface area contributed by atoms with Crippen molar-refractivity contribution in [3.63, 3.8) is 0 Å². The molecule has 0 fully saturated rings. The van der Waals surface area contributed by atoms with Gasteiger partial charge < -0.3 is 0 Å². The average Bonchev–Trinajstić information content (AvgIpc) is 2.00. The normalized spacial score (nSPS) is 11.9. The summed E-state index contributed by atoms with van der Waals surface area (Å²) in [5.74, 6) is 0.334. The Morgan fingerprint density at radius 2 is 1.80 bits per heavy atom. The maximum Gasteiger partial charge on any atom is 0.306 e. The van der Waals surface area contributed by atoms with Gasteiger partial charge in [-0.15, -0.1) is 11.6 Å². The molecule has 0 bridgehead atoms. The van der Waals surface area contributed by atoms with Gasteiger partial charge in [-0.2, -0.15) is 9.21 Å². The van der Waals surface area contributed by atoms with Crippen LogP contribution in [0.15, 0.2) is 0 Å². The van der Waals surface area contributed by atoms with Crippen LogP contribution in [0.25, 0.3) is 0 Å². The van der Waals surface area contributed by atoms with Crippen LogP contribution in [0.1, 0.15) is 0 Å². The highest BCUT2D eigenvalue weighted by Gasteiger charge is 2.16. The topological polar surface area (TPSA) is 53.2 Å². The van der Waals surface area contributed by atoms with E-state index in [2.05, 4.69) is 5.09 Å². The minimum atomic E-state index is -3.00.